The van der Waals surface area contributed by atoms with E-state index in [4.69, 9.17) is 16.3 Å². The smallest absolute Gasteiger partial charge is 0.122 e. The fraction of sp³-hybridized carbons (Fsp3) is 0.250. The molecule has 0 fully saturated rings. The summed E-state index contributed by atoms with van der Waals surface area (Å²) in [6.45, 7) is 4.33. The highest BCUT2D eigenvalue weighted by Crippen LogP contribution is 2.21. The lowest BCUT2D eigenvalue weighted by atomic mass is 10.2. The second-order valence-corrected chi connectivity index (χ2v) is 4.86. The molecule has 0 atom stereocenters. The molecule has 0 aliphatic rings. The maximum absolute atomic E-state index is 5.90. The second kappa shape index (κ2) is 7.17. The molecular formula is C16H18ClNO. The maximum atomic E-state index is 5.90. The monoisotopic (exact) mass is 275 g/mol. The molecule has 0 unspecified atom stereocenters. The van der Waals surface area contributed by atoms with Gasteiger partial charge in [0.15, 0.2) is 0 Å². The predicted octanol–water partition coefficient (Wildman–Crippen LogP) is 3.82. The van der Waals surface area contributed by atoms with Crippen molar-refractivity contribution in [2.45, 2.75) is 13.5 Å². The molecule has 100 valence electrons. The summed E-state index contributed by atoms with van der Waals surface area (Å²) < 4.78 is 5.71. The van der Waals surface area contributed by atoms with E-state index >= 15 is 0 Å². The lowest BCUT2D eigenvalue weighted by Crippen LogP contribution is -2.20. The van der Waals surface area contributed by atoms with Crippen LogP contribution < -0.4 is 10.1 Å². The summed E-state index contributed by atoms with van der Waals surface area (Å²) in [6.07, 6.45) is 0. The van der Waals surface area contributed by atoms with Crippen molar-refractivity contribution in [3.8, 4) is 5.75 Å². The first kappa shape index (κ1) is 13.9. The zero-order valence-electron chi connectivity index (χ0n) is 11.0. The normalized spacial score (nSPS) is 10.4. The van der Waals surface area contributed by atoms with Gasteiger partial charge >= 0.3 is 0 Å². The number of hydrogen-bond donors (Lipinski definition) is 1. The fourth-order valence-corrected chi connectivity index (χ4v) is 2.06. The number of aryl methyl sites for hydroxylation is 1. The first-order valence-corrected chi connectivity index (χ1v) is 6.77. The van der Waals surface area contributed by atoms with Crippen LogP contribution in [0.2, 0.25) is 5.02 Å². The minimum atomic E-state index is 0.648. The van der Waals surface area contributed by atoms with Crippen LogP contribution >= 0.6 is 11.6 Å². The van der Waals surface area contributed by atoms with Gasteiger partial charge in [-0.15, -0.1) is 0 Å². The van der Waals surface area contributed by atoms with E-state index in [2.05, 4.69) is 17.4 Å². The second-order valence-electron chi connectivity index (χ2n) is 4.42. The molecule has 0 aliphatic carbocycles. The topological polar surface area (TPSA) is 21.3 Å². The highest BCUT2D eigenvalue weighted by Gasteiger charge is 1.99. The first-order valence-electron chi connectivity index (χ1n) is 6.39. The van der Waals surface area contributed by atoms with Crippen LogP contribution in [0.5, 0.6) is 5.75 Å². The number of benzene rings is 2. The Morgan fingerprint density at radius 3 is 2.63 bits per heavy atom. The van der Waals surface area contributed by atoms with Crippen molar-refractivity contribution < 1.29 is 4.74 Å². The summed E-state index contributed by atoms with van der Waals surface area (Å²) in [7, 11) is 0. The molecule has 2 aromatic rings. The van der Waals surface area contributed by atoms with Crippen molar-refractivity contribution in [1.29, 1.82) is 0 Å². The van der Waals surface area contributed by atoms with E-state index < -0.39 is 0 Å². The minimum absolute atomic E-state index is 0.648. The van der Waals surface area contributed by atoms with Gasteiger partial charge < -0.3 is 10.1 Å². The number of nitrogens with one attached hydrogen (secondary N) is 1. The Balaban J connectivity index is 1.69. The lowest BCUT2D eigenvalue weighted by molar-refractivity contribution is 0.311. The Morgan fingerprint density at radius 1 is 1.11 bits per heavy atom. The van der Waals surface area contributed by atoms with Crippen LogP contribution in [-0.4, -0.2) is 13.2 Å². The van der Waals surface area contributed by atoms with Crippen LogP contribution in [0.1, 0.15) is 11.1 Å². The van der Waals surface area contributed by atoms with Gasteiger partial charge in [-0.1, -0.05) is 41.9 Å². The molecule has 2 aromatic carbocycles. The summed E-state index contributed by atoms with van der Waals surface area (Å²) in [6, 6.07) is 16.0. The van der Waals surface area contributed by atoms with E-state index in [-0.39, 0.29) is 0 Å². The van der Waals surface area contributed by atoms with Crippen LogP contribution in [0.3, 0.4) is 0 Å². The SMILES string of the molecule is Cc1cc(Cl)ccc1OCCNCc1ccccc1. The van der Waals surface area contributed by atoms with E-state index in [1.807, 2.05) is 43.3 Å². The largest absolute Gasteiger partial charge is 0.492 e. The van der Waals surface area contributed by atoms with Gasteiger partial charge in [0.05, 0.1) is 0 Å². The Bertz CT molecular complexity index is 513. The molecule has 0 aliphatic heterocycles. The van der Waals surface area contributed by atoms with Crippen molar-refractivity contribution in [2.24, 2.45) is 0 Å². The molecule has 0 aromatic heterocycles. The quantitative estimate of drug-likeness (QED) is 0.810. The highest BCUT2D eigenvalue weighted by molar-refractivity contribution is 6.30. The molecule has 0 saturated carbocycles. The maximum Gasteiger partial charge on any atom is 0.122 e. The van der Waals surface area contributed by atoms with Crippen molar-refractivity contribution in [2.75, 3.05) is 13.2 Å². The molecule has 2 nitrogen and oxygen atoms in total. The van der Waals surface area contributed by atoms with Crippen LogP contribution in [0.25, 0.3) is 0 Å². The summed E-state index contributed by atoms with van der Waals surface area (Å²) in [5.41, 5.74) is 2.35. The molecule has 1 N–H and O–H groups in total. The Kier molecular flexibility index (Phi) is 5.25. The van der Waals surface area contributed by atoms with Gasteiger partial charge in [0.1, 0.15) is 12.4 Å². The highest BCUT2D eigenvalue weighted by atomic mass is 35.5. The molecule has 0 heterocycles. The summed E-state index contributed by atoms with van der Waals surface area (Å²) in [5, 5.41) is 4.09. The zero-order valence-corrected chi connectivity index (χ0v) is 11.8. The van der Waals surface area contributed by atoms with Gasteiger partial charge in [-0.25, -0.2) is 0 Å². The van der Waals surface area contributed by atoms with Gasteiger partial charge in [-0.05, 0) is 36.2 Å². The van der Waals surface area contributed by atoms with Crippen molar-refractivity contribution in [1.82, 2.24) is 5.32 Å². The predicted molar refractivity (Wildman–Crippen MR) is 79.8 cm³/mol. The number of ether oxygens (including phenoxy) is 1. The van der Waals surface area contributed by atoms with Crippen LogP contribution in [0.4, 0.5) is 0 Å². The summed E-state index contributed by atoms with van der Waals surface area (Å²) in [4.78, 5) is 0. The van der Waals surface area contributed by atoms with Crippen LogP contribution in [0, 0.1) is 6.92 Å². The number of hydrogen-bond acceptors (Lipinski definition) is 2. The van der Waals surface area contributed by atoms with E-state index in [1.165, 1.54) is 5.56 Å². The van der Waals surface area contributed by atoms with E-state index in [0.29, 0.717) is 6.61 Å². The van der Waals surface area contributed by atoms with E-state index in [1.54, 1.807) is 0 Å². The van der Waals surface area contributed by atoms with Crippen molar-refractivity contribution >= 4 is 11.6 Å². The van der Waals surface area contributed by atoms with Crippen molar-refractivity contribution in [3.63, 3.8) is 0 Å². The van der Waals surface area contributed by atoms with Gasteiger partial charge in [-0.2, -0.15) is 0 Å². The standard InChI is InChI=1S/C16H18ClNO/c1-13-11-15(17)7-8-16(13)19-10-9-18-12-14-5-3-2-4-6-14/h2-8,11,18H,9-10,12H2,1H3. The average Bonchev–Trinajstić information content (AvgIpc) is 2.42. The third-order valence-corrected chi connectivity index (χ3v) is 3.08. The first-order chi connectivity index (χ1) is 9.25. The Morgan fingerprint density at radius 2 is 1.89 bits per heavy atom. The number of rotatable bonds is 6. The van der Waals surface area contributed by atoms with Gasteiger partial charge in [0.2, 0.25) is 0 Å². The van der Waals surface area contributed by atoms with Crippen LogP contribution in [-0.2, 0) is 6.54 Å². The minimum Gasteiger partial charge on any atom is -0.492 e. The summed E-state index contributed by atoms with van der Waals surface area (Å²) >= 11 is 5.90. The lowest BCUT2D eigenvalue weighted by Gasteiger charge is -2.10. The van der Waals surface area contributed by atoms with Crippen molar-refractivity contribution in [3.05, 3.63) is 64.7 Å². The van der Waals surface area contributed by atoms with E-state index in [0.717, 1.165) is 29.4 Å². The van der Waals surface area contributed by atoms with E-state index in [9.17, 15) is 0 Å². The molecule has 0 radical (unpaired) electrons. The van der Waals surface area contributed by atoms with Crippen LogP contribution in [0.15, 0.2) is 48.5 Å². The molecule has 19 heavy (non-hydrogen) atoms. The molecule has 3 heteroatoms. The number of halogens is 1. The Hall–Kier alpha value is -1.51. The molecular weight excluding hydrogens is 258 g/mol. The average molecular weight is 276 g/mol. The molecule has 0 spiro atoms. The molecule has 2 rings (SSSR count). The fourth-order valence-electron chi connectivity index (χ4n) is 1.84. The van der Waals surface area contributed by atoms with Gasteiger partial charge in [0, 0.05) is 18.1 Å². The third-order valence-electron chi connectivity index (χ3n) is 2.85. The third kappa shape index (κ3) is 4.58. The Labute approximate surface area is 119 Å². The summed E-state index contributed by atoms with van der Waals surface area (Å²) in [5.74, 6) is 0.894. The van der Waals surface area contributed by atoms with Gasteiger partial charge in [-0.3, -0.25) is 0 Å². The molecule has 0 amide bonds. The zero-order chi connectivity index (χ0) is 13.5. The molecule has 0 bridgehead atoms. The molecule has 0 saturated heterocycles. The van der Waals surface area contributed by atoms with Gasteiger partial charge in [0.25, 0.3) is 0 Å².